The molecule has 4 rings (SSSR count). The maximum absolute atomic E-state index is 12.8. The van der Waals surface area contributed by atoms with E-state index in [-0.39, 0.29) is 12.2 Å². The van der Waals surface area contributed by atoms with Gasteiger partial charge in [-0.3, -0.25) is 14.9 Å². The van der Waals surface area contributed by atoms with Crippen LogP contribution in [0.5, 0.6) is 5.75 Å². The molecule has 24 heavy (non-hydrogen) atoms. The van der Waals surface area contributed by atoms with Crippen molar-refractivity contribution >= 4 is 21.8 Å². The summed E-state index contributed by atoms with van der Waals surface area (Å²) in [6.07, 6.45) is 1.57. The molecule has 2 N–H and O–H groups in total. The molecule has 0 aliphatic carbocycles. The van der Waals surface area contributed by atoms with Crippen LogP contribution < -0.4 is 10.3 Å². The largest absolute Gasteiger partial charge is 0.494 e. The Labute approximate surface area is 136 Å². The Hall–Kier alpha value is -3.12. The zero-order valence-corrected chi connectivity index (χ0v) is 13.0. The zero-order valence-electron chi connectivity index (χ0n) is 13.0. The molecule has 6 nitrogen and oxygen atoms in total. The van der Waals surface area contributed by atoms with E-state index in [2.05, 4.69) is 10.1 Å². The van der Waals surface area contributed by atoms with Gasteiger partial charge in [0.05, 0.1) is 30.1 Å². The van der Waals surface area contributed by atoms with Gasteiger partial charge in [-0.2, -0.15) is 0 Å². The van der Waals surface area contributed by atoms with Crippen molar-refractivity contribution in [2.24, 2.45) is 0 Å². The molecular weight excluding hydrogens is 306 g/mol. The average Bonchev–Trinajstić information content (AvgIpc) is 2.98. The Morgan fingerprint density at radius 2 is 2.04 bits per heavy atom. The van der Waals surface area contributed by atoms with E-state index in [0.29, 0.717) is 22.3 Å². The first kappa shape index (κ1) is 14.5. The van der Waals surface area contributed by atoms with E-state index >= 15 is 0 Å². The Kier molecular flexibility index (Phi) is 3.32. The van der Waals surface area contributed by atoms with E-state index in [1.807, 2.05) is 36.4 Å². The number of methoxy groups -OCH3 is 1. The number of H-pyrrole nitrogens is 1. The summed E-state index contributed by atoms with van der Waals surface area (Å²) >= 11 is 0. The topological polar surface area (TPSA) is 80.1 Å². The third kappa shape index (κ3) is 2.08. The maximum Gasteiger partial charge on any atom is 0.280 e. The van der Waals surface area contributed by atoms with Gasteiger partial charge in [-0.25, -0.2) is 4.68 Å². The summed E-state index contributed by atoms with van der Waals surface area (Å²) in [6.45, 7) is -0.0657. The number of nitrogens with one attached hydrogen (secondary N) is 1. The Morgan fingerprint density at radius 1 is 1.21 bits per heavy atom. The number of fused-ring (bicyclic) bond motifs is 3. The lowest BCUT2D eigenvalue weighted by molar-refractivity contribution is 0.282. The number of para-hydroxylation sites is 2. The number of nitrogens with zero attached hydrogens (tertiary/aromatic N) is 2. The molecule has 0 atom stereocenters. The minimum atomic E-state index is -0.196. The molecule has 0 amide bonds. The zero-order chi connectivity index (χ0) is 16.7. The van der Waals surface area contributed by atoms with Crippen LogP contribution >= 0.6 is 0 Å². The van der Waals surface area contributed by atoms with Crippen molar-refractivity contribution in [1.82, 2.24) is 14.8 Å². The number of aliphatic hydroxyl groups excluding tert-OH is 1. The first-order valence-electron chi connectivity index (χ1n) is 7.49. The lowest BCUT2D eigenvalue weighted by Crippen LogP contribution is -2.15. The smallest absolute Gasteiger partial charge is 0.280 e. The van der Waals surface area contributed by atoms with E-state index in [1.54, 1.807) is 19.4 Å². The van der Waals surface area contributed by atoms with Crippen molar-refractivity contribution in [3.05, 3.63) is 64.6 Å². The molecule has 2 aromatic heterocycles. The summed E-state index contributed by atoms with van der Waals surface area (Å²) < 4.78 is 6.80. The molecule has 0 aliphatic rings. The second-order valence-corrected chi connectivity index (χ2v) is 5.48. The van der Waals surface area contributed by atoms with E-state index in [0.717, 1.165) is 16.5 Å². The van der Waals surface area contributed by atoms with Crippen LogP contribution in [0, 0.1) is 0 Å². The number of aromatic amines is 1. The summed E-state index contributed by atoms with van der Waals surface area (Å²) in [6, 6.07) is 12.8. The van der Waals surface area contributed by atoms with Crippen molar-refractivity contribution in [2.45, 2.75) is 6.61 Å². The molecule has 2 heterocycles. The van der Waals surface area contributed by atoms with Crippen LogP contribution in [0.2, 0.25) is 0 Å². The van der Waals surface area contributed by atoms with Gasteiger partial charge in [0, 0.05) is 11.6 Å². The minimum absolute atomic E-state index is 0.0657. The maximum atomic E-state index is 12.8. The average molecular weight is 321 g/mol. The lowest BCUT2D eigenvalue weighted by Gasteiger charge is -2.07. The SMILES string of the molecule is COc1ccccc1-n1[nH]c2c(cnc3ccc(CO)cc32)c1=O. The monoisotopic (exact) mass is 321 g/mol. The lowest BCUT2D eigenvalue weighted by atomic mass is 10.1. The van der Waals surface area contributed by atoms with Gasteiger partial charge in [0.25, 0.3) is 5.56 Å². The van der Waals surface area contributed by atoms with E-state index < -0.39 is 0 Å². The molecule has 0 aliphatic heterocycles. The van der Waals surface area contributed by atoms with Crippen LogP contribution in [0.15, 0.2) is 53.5 Å². The molecule has 0 saturated carbocycles. The third-order valence-electron chi connectivity index (χ3n) is 4.10. The number of benzene rings is 2. The van der Waals surface area contributed by atoms with Crippen LogP contribution in [0.25, 0.3) is 27.5 Å². The van der Waals surface area contributed by atoms with Gasteiger partial charge in [-0.15, -0.1) is 0 Å². The number of aromatic nitrogens is 3. The van der Waals surface area contributed by atoms with Gasteiger partial charge in [0.2, 0.25) is 0 Å². The van der Waals surface area contributed by atoms with Crippen LogP contribution in [0.1, 0.15) is 5.56 Å². The number of hydrogen-bond acceptors (Lipinski definition) is 4. The number of pyridine rings is 1. The molecule has 6 heteroatoms. The van der Waals surface area contributed by atoms with Gasteiger partial charge in [-0.05, 0) is 29.8 Å². The Balaban J connectivity index is 2.07. The van der Waals surface area contributed by atoms with E-state index in [9.17, 15) is 9.90 Å². The highest BCUT2D eigenvalue weighted by Gasteiger charge is 2.14. The number of hydrogen-bond donors (Lipinski definition) is 2. The molecule has 120 valence electrons. The molecule has 0 fully saturated rings. The molecule has 4 aromatic rings. The minimum Gasteiger partial charge on any atom is -0.494 e. The predicted molar refractivity (Wildman–Crippen MR) is 91.7 cm³/mol. The van der Waals surface area contributed by atoms with Crippen molar-refractivity contribution in [3.8, 4) is 11.4 Å². The standard InChI is InChI=1S/C18H15N3O3/c1-24-16-5-3-2-4-15(16)21-18(23)13-9-19-14-7-6-11(10-22)8-12(14)17(13)20-21/h2-9,20,22H,10H2,1H3. The van der Waals surface area contributed by atoms with E-state index in [4.69, 9.17) is 4.74 Å². The molecule has 2 aromatic carbocycles. The van der Waals surface area contributed by atoms with Crippen LogP contribution in [0.4, 0.5) is 0 Å². The normalized spacial score (nSPS) is 11.2. The highest BCUT2D eigenvalue weighted by atomic mass is 16.5. The number of ether oxygens (including phenoxy) is 1. The fourth-order valence-corrected chi connectivity index (χ4v) is 2.89. The van der Waals surface area contributed by atoms with Gasteiger partial charge < -0.3 is 9.84 Å². The fraction of sp³-hybridized carbons (Fsp3) is 0.111. The third-order valence-corrected chi connectivity index (χ3v) is 4.10. The summed E-state index contributed by atoms with van der Waals surface area (Å²) in [5.41, 5.74) is 2.65. The first-order chi connectivity index (χ1) is 11.7. The highest BCUT2D eigenvalue weighted by molar-refractivity contribution is 6.03. The van der Waals surface area contributed by atoms with Gasteiger partial charge in [0.15, 0.2) is 0 Å². The Bertz CT molecular complexity index is 1110. The summed E-state index contributed by atoms with van der Waals surface area (Å²) in [7, 11) is 1.57. The Morgan fingerprint density at radius 3 is 2.83 bits per heavy atom. The quantitative estimate of drug-likeness (QED) is 0.607. The van der Waals surface area contributed by atoms with Crippen molar-refractivity contribution in [2.75, 3.05) is 7.11 Å². The molecule has 0 spiro atoms. The van der Waals surface area contributed by atoms with Gasteiger partial charge in [-0.1, -0.05) is 18.2 Å². The summed E-state index contributed by atoms with van der Waals surface area (Å²) in [4.78, 5) is 17.1. The fourth-order valence-electron chi connectivity index (χ4n) is 2.89. The highest BCUT2D eigenvalue weighted by Crippen LogP contribution is 2.25. The van der Waals surface area contributed by atoms with Crippen LogP contribution in [-0.4, -0.2) is 27.0 Å². The van der Waals surface area contributed by atoms with Gasteiger partial charge in [0.1, 0.15) is 11.4 Å². The number of rotatable bonds is 3. The summed E-state index contributed by atoms with van der Waals surface area (Å²) in [5, 5.41) is 13.8. The second-order valence-electron chi connectivity index (χ2n) is 5.48. The molecule has 0 saturated heterocycles. The first-order valence-corrected chi connectivity index (χ1v) is 7.49. The van der Waals surface area contributed by atoms with E-state index in [1.165, 1.54) is 4.68 Å². The van der Waals surface area contributed by atoms with Crippen LogP contribution in [0.3, 0.4) is 0 Å². The van der Waals surface area contributed by atoms with Crippen molar-refractivity contribution in [1.29, 1.82) is 0 Å². The summed E-state index contributed by atoms with van der Waals surface area (Å²) in [5.74, 6) is 0.597. The van der Waals surface area contributed by atoms with Crippen molar-refractivity contribution < 1.29 is 9.84 Å². The molecule has 0 bridgehead atoms. The van der Waals surface area contributed by atoms with Crippen molar-refractivity contribution in [3.63, 3.8) is 0 Å². The predicted octanol–water partition coefficient (Wildman–Crippen LogP) is 2.37. The molecule has 0 radical (unpaired) electrons. The van der Waals surface area contributed by atoms with Crippen LogP contribution in [-0.2, 0) is 6.61 Å². The second kappa shape index (κ2) is 5.50. The van der Waals surface area contributed by atoms with Gasteiger partial charge >= 0.3 is 0 Å². The molecular formula is C18H15N3O3. The number of aliphatic hydroxyl groups is 1. The molecule has 0 unspecified atom stereocenters.